The molecule has 4 rings (SSSR count). The highest BCUT2D eigenvalue weighted by molar-refractivity contribution is 5.78. The SMILES string of the molecule is CC(=O)NC1CCC[C@@H](O[C@@H]2O[C@@H](CO)[C@H](O)C(O[C@@H](CC3CCCCC3)C(=O)O)C2NC(=O)CN)[C@@H]1O[C@@H]1OC(C)[C@@H](O)[C@H](O)C1O. The first-order valence-corrected chi connectivity index (χ1v) is 16.9. The van der Waals surface area contributed by atoms with E-state index in [1.807, 2.05) is 0 Å². The maximum absolute atomic E-state index is 12.7. The smallest absolute Gasteiger partial charge is 0.332 e. The van der Waals surface area contributed by atoms with Gasteiger partial charge in [-0.3, -0.25) is 9.59 Å². The van der Waals surface area contributed by atoms with Crippen LogP contribution in [0.5, 0.6) is 0 Å². The molecule has 17 heteroatoms. The van der Waals surface area contributed by atoms with Crippen molar-refractivity contribution in [2.45, 2.75) is 157 Å². The van der Waals surface area contributed by atoms with Crippen LogP contribution in [0.3, 0.4) is 0 Å². The van der Waals surface area contributed by atoms with E-state index in [9.17, 15) is 45.0 Å². The standard InChI is InChI=1S/C31H53N3O14/c1-14-23(38)25(40)26(41)31(44-14)48-27-17(33-15(2)36)9-6-10-18(27)46-30-22(34-21(37)12-32)28(24(39)20(13-35)47-30)45-19(29(42)43)11-16-7-4-3-5-8-16/h14,16-20,22-28,30-31,35,38-41H,3-13,32H2,1-2H3,(H,33,36)(H,34,37)(H,42,43)/t14?,17?,18-,19+,20+,22?,23-,24+,25+,26?,27-,28?,30-,31+/m1/s1. The highest BCUT2D eigenvalue weighted by Crippen LogP contribution is 2.35. The van der Waals surface area contributed by atoms with E-state index in [0.29, 0.717) is 19.3 Å². The quantitative estimate of drug-likeness (QED) is 0.0975. The van der Waals surface area contributed by atoms with Crippen LogP contribution in [0.25, 0.3) is 0 Å². The molecule has 48 heavy (non-hydrogen) atoms. The number of amides is 2. The number of hydrogen-bond donors (Lipinski definition) is 9. The zero-order chi connectivity index (χ0) is 35.1. The van der Waals surface area contributed by atoms with Crippen molar-refractivity contribution in [1.82, 2.24) is 10.6 Å². The molecule has 4 fully saturated rings. The number of nitrogens with two attached hydrogens (primary N) is 1. The largest absolute Gasteiger partial charge is 0.479 e. The molecule has 2 aliphatic carbocycles. The molecule has 0 spiro atoms. The molecule has 17 nitrogen and oxygen atoms in total. The first kappa shape index (κ1) is 38.8. The highest BCUT2D eigenvalue weighted by atomic mass is 16.7. The van der Waals surface area contributed by atoms with E-state index < -0.39 is 111 Å². The fourth-order valence-electron chi connectivity index (χ4n) is 7.20. The maximum atomic E-state index is 12.7. The van der Waals surface area contributed by atoms with Gasteiger partial charge in [-0.05, 0) is 38.5 Å². The monoisotopic (exact) mass is 691 g/mol. The number of carbonyl (C=O) groups is 3. The van der Waals surface area contributed by atoms with Gasteiger partial charge >= 0.3 is 5.97 Å². The van der Waals surface area contributed by atoms with Crippen LogP contribution >= 0.6 is 0 Å². The average molecular weight is 692 g/mol. The minimum Gasteiger partial charge on any atom is -0.479 e. The lowest BCUT2D eigenvalue weighted by Crippen LogP contribution is -2.68. The topological polar surface area (TPSA) is 269 Å². The third-order valence-electron chi connectivity index (χ3n) is 9.80. The molecule has 2 amide bonds. The molecule has 0 bridgehead atoms. The molecule has 14 atom stereocenters. The Bertz CT molecular complexity index is 1070. The minimum atomic E-state index is -1.65. The Hall–Kier alpha value is -2.03. The summed E-state index contributed by atoms with van der Waals surface area (Å²) in [6, 6.07) is -1.97. The van der Waals surface area contributed by atoms with Gasteiger partial charge in [0.15, 0.2) is 18.7 Å². The van der Waals surface area contributed by atoms with E-state index in [4.69, 9.17) is 29.4 Å². The molecular weight excluding hydrogens is 638 g/mol. The third-order valence-corrected chi connectivity index (χ3v) is 9.80. The molecule has 2 saturated carbocycles. The molecule has 10 N–H and O–H groups in total. The van der Waals surface area contributed by atoms with E-state index in [0.717, 1.165) is 32.1 Å². The second kappa shape index (κ2) is 17.8. The number of hydrogen-bond acceptors (Lipinski definition) is 14. The number of nitrogens with one attached hydrogen (secondary N) is 2. The molecule has 5 unspecified atom stereocenters. The molecule has 2 aliphatic heterocycles. The summed E-state index contributed by atoms with van der Waals surface area (Å²) in [5, 5.41) is 68.2. The summed E-state index contributed by atoms with van der Waals surface area (Å²) < 4.78 is 30.3. The van der Waals surface area contributed by atoms with Crippen LogP contribution in [0.15, 0.2) is 0 Å². The number of aliphatic carboxylic acids is 1. The second-order valence-electron chi connectivity index (χ2n) is 13.4. The van der Waals surface area contributed by atoms with Crippen molar-refractivity contribution < 1.29 is 68.7 Å². The zero-order valence-electron chi connectivity index (χ0n) is 27.5. The van der Waals surface area contributed by atoms with Gasteiger partial charge < -0.3 is 70.7 Å². The predicted molar refractivity (Wildman–Crippen MR) is 164 cm³/mol. The number of ether oxygens (including phenoxy) is 5. The Labute approximate surface area is 279 Å². The lowest BCUT2D eigenvalue weighted by molar-refractivity contribution is -0.334. The van der Waals surface area contributed by atoms with Crippen LogP contribution in [0.4, 0.5) is 0 Å². The summed E-state index contributed by atoms with van der Waals surface area (Å²) in [4.78, 5) is 37.2. The summed E-state index contributed by atoms with van der Waals surface area (Å²) in [5.74, 6) is -2.19. The Morgan fingerprint density at radius 2 is 1.56 bits per heavy atom. The fraction of sp³-hybridized carbons (Fsp3) is 0.903. The van der Waals surface area contributed by atoms with Gasteiger partial charge in [-0.2, -0.15) is 0 Å². The van der Waals surface area contributed by atoms with Gasteiger partial charge in [0.25, 0.3) is 0 Å². The molecular formula is C31H53N3O14. The molecule has 4 aliphatic rings. The van der Waals surface area contributed by atoms with Crippen molar-refractivity contribution in [3.63, 3.8) is 0 Å². The summed E-state index contributed by atoms with van der Waals surface area (Å²) in [6.45, 7) is 1.66. The predicted octanol–water partition coefficient (Wildman–Crippen LogP) is -2.40. The van der Waals surface area contributed by atoms with Crippen molar-refractivity contribution in [3.05, 3.63) is 0 Å². The number of aliphatic hydroxyl groups is 5. The lowest BCUT2D eigenvalue weighted by atomic mass is 9.85. The summed E-state index contributed by atoms with van der Waals surface area (Å²) in [5.41, 5.74) is 5.59. The van der Waals surface area contributed by atoms with Crippen LogP contribution < -0.4 is 16.4 Å². The normalized spacial score (nSPS) is 40.1. The van der Waals surface area contributed by atoms with Gasteiger partial charge in [0, 0.05) is 6.92 Å². The summed E-state index contributed by atoms with van der Waals surface area (Å²) >= 11 is 0. The van der Waals surface area contributed by atoms with Crippen LogP contribution in [0.1, 0.15) is 71.6 Å². The average Bonchev–Trinajstić information content (AvgIpc) is 3.06. The Kier molecular flexibility index (Phi) is 14.3. The number of aliphatic hydroxyl groups excluding tert-OH is 5. The van der Waals surface area contributed by atoms with Crippen molar-refractivity contribution in [2.75, 3.05) is 13.2 Å². The molecule has 0 aromatic heterocycles. The van der Waals surface area contributed by atoms with Gasteiger partial charge in [0.1, 0.15) is 48.8 Å². The van der Waals surface area contributed by atoms with E-state index in [1.165, 1.54) is 13.8 Å². The van der Waals surface area contributed by atoms with Crippen LogP contribution in [-0.2, 0) is 38.1 Å². The number of carbonyl (C=O) groups excluding carboxylic acids is 2. The molecule has 0 aromatic rings. The van der Waals surface area contributed by atoms with E-state index in [2.05, 4.69) is 10.6 Å². The van der Waals surface area contributed by atoms with E-state index in [-0.39, 0.29) is 18.2 Å². The first-order chi connectivity index (χ1) is 22.8. The van der Waals surface area contributed by atoms with E-state index >= 15 is 0 Å². The number of rotatable bonds is 13. The molecule has 2 heterocycles. The Balaban J connectivity index is 1.62. The molecule has 0 radical (unpaired) electrons. The van der Waals surface area contributed by atoms with Crippen LogP contribution in [-0.4, -0.2) is 147 Å². The first-order valence-electron chi connectivity index (χ1n) is 16.9. The molecule has 276 valence electrons. The Morgan fingerprint density at radius 3 is 2.19 bits per heavy atom. The highest BCUT2D eigenvalue weighted by Gasteiger charge is 2.52. The summed E-state index contributed by atoms with van der Waals surface area (Å²) in [6.07, 6.45) is -9.79. The van der Waals surface area contributed by atoms with Crippen molar-refractivity contribution in [2.24, 2.45) is 11.7 Å². The van der Waals surface area contributed by atoms with Crippen molar-refractivity contribution >= 4 is 17.8 Å². The van der Waals surface area contributed by atoms with Crippen LogP contribution in [0.2, 0.25) is 0 Å². The lowest BCUT2D eigenvalue weighted by Gasteiger charge is -2.48. The molecule has 0 aromatic carbocycles. The molecule has 2 saturated heterocycles. The van der Waals surface area contributed by atoms with Crippen molar-refractivity contribution in [3.8, 4) is 0 Å². The number of carboxylic acid groups (broad SMARTS) is 1. The second-order valence-corrected chi connectivity index (χ2v) is 13.4. The summed E-state index contributed by atoms with van der Waals surface area (Å²) in [7, 11) is 0. The van der Waals surface area contributed by atoms with E-state index in [1.54, 1.807) is 0 Å². The fourth-order valence-corrected chi connectivity index (χ4v) is 7.20. The van der Waals surface area contributed by atoms with Gasteiger partial charge in [-0.15, -0.1) is 0 Å². The Morgan fingerprint density at radius 1 is 0.854 bits per heavy atom. The van der Waals surface area contributed by atoms with Gasteiger partial charge in [0.2, 0.25) is 11.8 Å². The van der Waals surface area contributed by atoms with Crippen molar-refractivity contribution in [1.29, 1.82) is 0 Å². The number of carboxylic acids is 1. The van der Waals surface area contributed by atoms with Gasteiger partial charge in [-0.1, -0.05) is 32.1 Å². The van der Waals surface area contributed by atoms with Gasteiger partial charge in [0.05, 0.1) is 31.4 Å². The maximum Gasteiger partial charge on any atom is 0.332 e. The zero-order valence-corrected chi connectivity index (χ0v) is 27.5. The minimum absolute atomic E-state index is 0.0974. The van der Waals surface area contributed by atoms with Crippen LogP contribution in [0, 0.1) is 5.92 Å². The van der Waals surface area contributed by atoms with Gasteiger partial charge in [-0.25, -0.2) is 4.79 Å². The third kappa shape index (κ3) is 9.60.